The molecule has 0 aliphatic heterocycles. The van der Waals surface area contributed by atoms with Crippen LogP contribution in [-0.2, 0) is 6.54 Å². The van der Waals surface area contributed by atoms with Crippen LogP contribution >= 0.6 is 11.3 Å². The molecule has 5 nitrogen and oxygen atoms in total. The lowest BCUT2D eigenvalue weighted by Gasteiger charge is -2.03. The van der Waals surface area contributed by atoms with Gasteiger partial charge in [-0.2, -0.15) is 0 Å². The predicted octanol–water partition coefficient (Wildman–Crippen LogP) is 2.03. The molecule has 0 saturated carbocycles. The highest BCUT2D eigenvalue weighted by molar-refractivity contribution is 7.09. The molecule has 16 heavy (non-hydrogen) atoms. The second kappa shape index (κ2) is 3.90. The van der Waals surface area contributed by atoms with Gasteiger partial charge < -0.3 is 10.3 Å². The summed E-state index contributed by atoms with van der Waals surface area (Å²) in [5.41, 5.74) is 2.67. The van der Waals surface area contributed by atoms with Crippen LogP contribution in [0.1, 0.15) is 4.88 Å². The minimum atomic E-state index is 0.738. The van der Waals surface area contributed by atoms with Crippen molar-refractivity contribution in [1.29, 1.82) is 0 Å². The van der Waals surface area contributed by atoms with E-state index in [4.69, 9.17) is 0 Å². The molecule has 0 amide bonds. The molecular formula is C10H9N5S. The highest BCUT2D eigenvalue weighted by Crippen LogP contribution is 2.18. The third kappa shape index (κ3) is 1.63. The average molecular weight is 231 g/mol. The minimum absolute atomic E-state index is 0.738. The van der Waals surface area contributed by atoms with Crippen molar-refractivity contribution in [3.63, 3.8) is 0 Å². The second-order valence-electron chi connectivity index (χ2n) is 3.28. The summed E-state index contributed by atoms with van der Waals surface area (Å²) >= 11 is 1.62. The van der Waals surface area contributed by atoms with Gasteiger partial charge in [-0.15, -0.1) is 11.3 Å². The van der Waals surface area contributed by atoms with Crippen molar-refractivity contribution in [3.05, 3.63) is 35.2 Å². The normalized spacial score (nSPS) is 10.8. The molecule has 0 spiro atoms. The molecule has 0 atom stereocenters. The number of aromatic amines is 1. The molecule has 0 radical (unpaired) electrons. The first-order chi connectivity index (χ1) is 7.93. The molecule has 3 rings (SSSR count). The van der Waals surface area contributed by atoms with Crippen LogP contribution in [0.2, 0.25) is 0 Å². The van der Waals surface area contributed by atoms with Gasteiger partial charge in [0.1, 0.15) is 17.8 Å². The van der Waals surface area contributed by atoms with Crippen molar-refractivity contribution in [1.82, 2.24) is 19.9 Å². The van der Waals surface area contributed by atoms with Gasteiger partial charge in [-0.25, -0.2) is 9.97 Å². The van der Waals surface area contributed by atoms with Crippen LogP contribution in [0.3, 0.4) is 0 Å². The fraction of sp³-hybridized carbons (Fsp3) is 0.100. The Morgan fingerprint density at radius 1 is 1.38 bits per heavy atom. The molecule has 3 aromatic rings. The van der Waals surface area contributed by atoms with Gasteiger partial charge in [-0.3, -0.25) is 4.98 Å². The molecular weight excluding hydrogens is 222 g/mol. The molecule has 0 saturated heterocycles. The van der Waals surface area contributed by atoms with Crippen molar-refractivity contribution < 1.29 is 0 Å². The lowest BCUT2D eigenvalue weighted by Crippen LogP contribution is -2.00. The molecule has 2 N–H and O–H groups in total. The van der Waals surface area contributed by atoms with E-state index in [-0.39, 0.29) is 0 Å². The van der Waals surface area contributed by atoms with Crippen LogP contribution in [0.25, 0.3) is 11.0 Å². The molecule has 80 valence electrons. The standard InChI is InChI=1S/C10H9N5S/c1-2-12-9-8(1)10(15-5-14-9)13-4-7-3-11-6-16-7/h1-3,5-6H,4H2,(H2,12,13,14,15). The zero-order valence-corrected chi connectivity index (χ0v) is 9.16. The molecule has 0 fully saturated rings. The number of thiazole rings is 1. The number of nitrogens with zero attached hydrogens (tertiary/aromatic N) is 3. The fourth-order valence-electron chi connectivity index (χ4n) is 1.51. The Morgan fingerprint density at radius 3 is 3.25 bits per heavy atom. The molecule has 0 aliphatic carbocycles. The molecule has 0 aromatic carbocycles. The minimum Gasteiger partial charge on any atom is -0.364 e. The van der Waals surface area contributed by atoms with E-state index in [0.29, 0.717) is 0 Å². The monoisotopic (exact) mass is 231 g/mol. The number of anilines is 1. The lowest BCUT2D eigenvalue weighted by atomic mass is 10.3. The summed E-state index contributed by atoms with van der Waals surface area (Å²) in [4.78, 5) is 16.6. The lowest BCUT2D eigenvalue weighted by molar-refractivity contribution is 1.11. The van der Waals surface area contributed by atoms with Gasteiger partial charge >= 0.3 is 0 Å². The van der Waals surface area contributed by atoms with Gasteiger partial charge in [-0.1, -0.05) is 0 Å². The first kappa shape index (κ1) is 9.29. The van der Waals surface area contributed by atoms with Crippen LogP contribution in [0.5, 0.6) is 0 Å². The first-order valence-corrected chi connectivity index (χ1v) is 5.71. The van der Waals surface area contributed by atoms with Crippen LogP contribution in [-0.4, -0.2) is 19.9 Å². The Morgan fingerprint density at radius 2 is 2.38 bits per heavy atom. The molecule has 3 aromatic heterocycles. The first-order valence-electron chi connectivity index (χ1n) is 4.83. The van der Waals surface area contributed by atoms with Gasteiger partial charge in [-0.05, 0) is 6.07 Å². The summed E-state index contributed by atoms with van der Waals surface area (Å²) in [6.07, 6.45) is 5.26. The quantitative estimate of drug-likeness (QED) is 0.723. The van der Waals surface area contributed by atoms with E-state index >= 15 is 0 Å². The Bertz CT molecular complexity index is 586. The number of H-pyrrole nitrogens is 1. The van der Waals surface area contributed by atoms with Crippen LogP contribution in [0.15, 0.2) is 30.3 Å². The van der Waals surface area contributed by atoms with Crippen LogP contribution in [0, 0.1) is 0 Å². The maximum atomic E-state index is 4.22. The molecule has 0 unspecified atom stereocenters. The van der Waals surface area contributed by atoms with Crippen molar-refractivity contribution in [2.45, 2.75) is 6.54 Å². The Balaban J connectivity index is 1.86. The Kier molecular flexibility index (Phi) is 2.26. The van der Waals surface area contributed by atoms with Crippen LogP contribution in [0.4, 0.5) is 5.82 Å². The van der Waals surface area contributed by atoms with E-state index in [9.17, 15) is 0 Å². The predicted molar refractivity (Wildman–Crippen MR) is 63.3 cm³/mol. The summed E-state index contributed by atoms with van der Waals surface area (Å²) in [7, 11) is 0. The highest BCUT2D eigenvalue weighted by atomic mass is 32.1. The smallest absolute Gasteiger partial charge is 0.142 e. The van der Waals surface area contributed by atoms with Gasteiger partial charge in [0, 0.05) is 17.3 Å². The number of fused-ring (bicyclic) bond motifs is 1. The summed E-state index contributed by atoms with van der Waals surface area (Å²) in [6, 6.07) is 1.96. The molecule has 6 heteroatoms. The van der Waals surface area contributed by atoms with E-state index in [1.165, 1.54) is 4.88 Å². The van der Waals surface area contributed by atoms with E-state index in [1.807, 2.05) is 24.0 Å². The summed E-state index contributed by atoms with van der Waals surface area (Å²) in [6.45, 7) is 0.738. The van der Waals surface area contributed by atoms with E-state index in [2.05, 4.69) is 25.3 Å². The fourth-order valence-corrected chi connectivity index (χ4v) is 2.05. The van der Waals surface area contributed by atoms with E-state index < -0.39 is 0 Å². The summed E-state index contributed by atoms with van der Waals surface area (Å²) in [5, 5.41) is 4.28. The SMILES string of the molecule is c1nc(NCc2cncs2)c2cc[nH]c2n1. The van der Waals surface area contributed by atoms with Crippen LogP contribution < -0.4 is 5.32 Å². The Labute approximate surface area is 95.6 Å². The van der Waals surface area contributed by atoms with Gasteiger partial charge in [0.15, 0.2) is 0 Å². The average Bonchev–Trinajstić information content (AvgIpc) is 2.97. The number of nitrogens with one attached hydrogen (secondary N) is 2. The third-order valence-electron chi connectivity index (χ3n) is 2.27. The maximum Gasteiger partial charge on any atom is 0.142 e. The summed E-state index contributed by atoms with van der Waals surface area (Å²) < 4.78 is 0. The van der Waals surface area contributed by atoms with Gasteiger partial charge in [0.2, 0.25) is 0 Å². The van der Waals surface area contributed by atoms with Crippen molar-refractivity contribution in [2.75, 3.05) is 5.32 Å². The molecule has 0 bridgehead atoms. The zero-order chi connectivity index (χ0) is 10.8. The van der Waals surface area contributed by atoms with Crippen molar-refractivity contribution >= 4 is 28.2 Å². The highest BCUT2D eigenvalue weighted by Gasteiger charge is 2.03. The van der Waals surface area contributed by atoms with Crippen molar-refractivity contribution in [3.8, 4) is 0 Å². The van der Waals surface area contributed by atoms with Gasteiger partial charge in [0.25, 0.3) is 0 Å². The molecule has 0 aliphatic rings. The number of hydrogen-bond acceptors (Lipinski definition) is 5. The maximum absolute atomic E-state index is 4.22. The summed E-state index contributed by atoms with van der Waals surface area (Å²) in [5.74, 6) is 0.847. The number of aromatic nitrogens is 4. The topological polar surface area (TPSA) is 66.5 Å². The third-order valence-corrected chi connectivity index (χ3v) is 3.05. The van der Waals surface area contributed by atoms with E-state index in [0.717, 1.165) is 23.4 Å². The largest absolute Gasteiger partial charge is 0.364 e. The second-order valence-corrected chi connectivity index (χ2v) is 4.25. The van der Waals surface area contributed by atoms with E-state index in [1.54, 1.807) is 17.7 Å². The zero-order valence-electron chi connectivity index (χ0n) is 8.34. The van der Waals surface area contributed by atoms with Gasteiger partial charge in [0.05, 0.1) is 17.4 Å². The number of rotatable bonds is 3. The Hall–Kier alpha value is -1.95. The van der Waals surface area contributed by atoms with Crippen molar-refractivity contribution in [2.24, 2.45) is 0 Å². The number of hydrogen-bond donors (Lipinski definition) is 2. The molecule has 3 heterocycles.